The number of hydrogen-bond acceptors (Lipinski definition) is 3. The normalized spacial score (nSPS) is 12.9. The highest BCUT2D eigenvalue weighted by Gasteiger charge is 2.20. The molecule has 1 unspecified atom stereocenters. The Hall–Kier alpha value is -1.14. The molecule has 6 heteroatoms. The van der Waals surface area contributed by atoms with Gasteiger partial charge < -0.3 is 5.73 Å². The van der Waals surface area contributed by atoms with Gasteiger partial charge >= 0.3 is 0 Å². The van der Waals surface area contributed by atoms with Crippen molar-refractivity contribution in [1.82, 2.24) is 19.6 Å². The number of nitrogens with zero attached hydrogens (tertiary/aromatic N) is 4. The van der Waals surface area contributed by atoms with Gasteiger partial charge in [0.15, 0.2) is 0 Å². The number of aromatic nitrogens is 4. The van der Waals surface area contributed by atoms with Gasteiger partial charge in [-0.15, -0.1) is 0 Å². The number of nitrogens with two attached hydrogens (primary N) is 1. The van der Waals surface area contributed by atoms with Gasteiger partial charge in [-0.1, -0.05) is 13.8 Å². The second-order valence-corrected chi connectivity index (χ2v) is 6.04. The maximum Gasteiger partial charge on any atom is 0.0766 e. The molecule has 0 aromatic carbocycles. The molecule has 2 heterocycles. The van der Waals surface area contributed by atoms with Gasteiger partial charge in [-0.3, -0.25) is 9.36 Å². The minimum Gasteiger partial charge on any atom is -0.324 e. The highest BCUT2D eigenvalue weighted by molar-refractivity contribution is 9.10. The molecule has 1 atom stereocenters. The minimum atomic E-state index is -0.0587. The summed E-state index contributed by atoms with van der Waals surface area (Å²) >= 11 is 3.69. The van der Waals surface area contributed by atoms with Gasteiger partial charge in [-0.2, -0.15) is 10.2 Å². The maximum atomic E-state index is 6.44. The lowest BCUT2D eigenvalue weighted by Crippen LogP contribution is -2.17. The Morgan fingerprint density at radius 2 is 1.86 bits per heavy atom. The zero-order chi connectivity index (χ0) is 15.6. The summed E-state index contributed by atoms with van der Waals surface area (Å²) in [5.41, 5.74) is 10.9. The fraction of sp³-hybridized carbons (Fsp3) is 0.600. The largest absolute Gasteiger partial charge is 0.324 e. The molecule has 116 valence electrons. The van der Waals surface area contributed by atoms with Gasteiger partial charge in [0, 0.05) is 37.8 Å². The molecule has 0 bridgehead atoms. The average Bonchev–Trinajstić information content (AvgIpc) is 3.00. The van der Waals surface area contributed by atoms with E-state index in [0.717, 1.165) is 47.2 Å². The topological polar surface area (TPSA) is 61.7 Å². The van der Waals surface area contributed by atoms with Gasteiger partial charge in [0.1, 0.15) is 0 Å². The van der Waals surface area contributed by atoms with Crippen LogP contribution in [0.4, 0.5) is 0 Å². The van der Waals surface area contributed by atoms with E-state index in [9.17, 15) is 0 Å². The fourth-order valence-corrected chi connectivity index (χ4v) is 3.39. The van der Waals surface area contributed by atoms with Crippen LogP contribution in [-0.2, 0) is 32.9 Å². The van der Waals surface area contributed by atoms with Crippen LogP contribution in [0.25, 0.3) is 0 Å². The highest BCUT2D eigenvalue weighted by atomic mass is 79.9. The van der Waals surface area contributed by atoms with E-state index >= 15 is 0 Å². The molecule has 0 spiro atoms. The summed E-state index contributed by atoms with van der Waals surface area (Å²) in [6, 6.07) is -0.0587. The highest BCUT2D eigenvalue weighted by Crippen LogP contribution is 2.27. The lowest BCUT2D eigenvalue weighted by Gasteiger charge is -2.13. The Balaban J connectivity index is 2.30. The SMILES string of the molecule is CCc1nn(C)cc1C(N)Cc1c(Br)c(CC)nn1CC. The predicted molar refractivity (Wildman–Crippen MR) is 88.2 cm³/mol. The lowest BCUT2D eigenvalue weighted by atomic mass is 10.0. The zero-order valence-electron chi connectivity index (χ0n) is 13.2. The van der Waals surface area contributed by atoms with E-state index in [1.807, 2.05) is 22.6 Å². The first-order valence-corrected chi connectivity index (χ1v) is 8.33. The second-order valence-electron chi connectivity index (χ2n) is 5.25. The van der Waals surface area contributed by atoms with Crippen molar-refractivity contribution in [3.05, 3.63) is 33.3 Å². The van der Waals surface area contributed by atoms with E-state index in [1.54, 1.807) is 0 Å². The molecule has 2 rings (SSSR count). The summed E-state index contributed by atoms with van der Waals surface area (Å²) in [6.07, 6.45) is 4.62. The Labute approximate surface area is 134 Å². The van der Waals surface area contributed by atoms with Crippen molar-refractivity contribution in [2.24, 2.45) is 12.8 Å². The summed E-state index contributed by atoms with van der Waals surface area (Å²) in [7, 11) is 1.94. The molecule has 0 saturated carbocycles. The standard InChI is InChI=1S/C15H24BrN5/c1-5-12-10(9-20(4)18-12)11(17)8-14-15(16)13(6-2)19-21(14)7-3/h9,11H,5-8,17H2,1-4H3. The average molecular weight is 354 g/mol. The van der Waals surface area contributed by atoms with Gasteiger partial charge in [-0.25, -0.2) is 0 Å². The number of halogens is 1. The van der Waals surface area contributed by atoms with Crippen LogP contribution in [0.1, 0.15) is 49.5 Å². The first-order valence-electron chi connectivity index (χ1n) is 7.53. The van der Waals surface area contributed by atoms with Gasteiger partial charge in [0.2, 0.25) is 0 Å². The van der Waals surface area contributed by atoms with Gasteiger partial charge in [0.05, 0.1) is 21.6 Å². The van der Waals surface area contributed by atoms with Crippen molar-refractivity contribution in [3.8, 4) is 0 Å². The van der Waals surface area contributed by atoms with Crippen LogP contribution < -0.4 is 5.73 Å². The van der Waals surface area contributed by atoms with Gasteiger partial charge in [0.25, 0.3) is 0 Å². The Morgan fingerprint density at radius 3 is 2.43 bits per heavy atom. The molecule has 0 radical (unpaired) electrons. The Bertz CT molecular complexity index is 614. The minimum absolute atomic E-state index is 0.0587. The molecule has 21 heavy (non-hydrogen) atoms. The number of rotatable bonds is 6. The van der Waals surface area contributed by atoms with E-state index in [0.29, 0.717) is 0 Å². The second kappa shape index (κ2) is 6.75. The van der Waals surface area contributed by atoms with Crippen molar-refractivity contribution < 1.29 is 0 Å². The molecule has 0 amide bonds. The molecule has 5 nitrogen and oxygen atoms in total. The molecule has 0 saturated heterocycles. The number of aryl methyl sites for hydroxylation is 4. The molecule has 0 aliphatic carbocycles. The summed E-state index contributed by atoms with van der Waals surface area (Å²) in [4.78, 5) is 0. The first-order chi connectivity index (χ1) is 10.0. The zero-order valence-corrected chi connectivity index (χ0v) is 14.8. The first kappa shape index (κ1) is 16.2. The van der Waals surface area contributed by atoms with Crippen LogP contribution in [0.2, 0.25) is 0 Å². The summed E-state index contributed by atoms with van der Waals surface area (Å²) in [6.45, 7) is 7.19. The van der Waals surface area contributed by atoms with Crippen molar-refractivity contribution in [3.63, 3.8) is 0 Å². The molecular weight excluding hydrogens is 330 g/mol. The summed E-state index contributed by atoms with van der Waals surface area (Å²) < 4.78 is 4.99. The van der Waals surface area contributed by atoms with Crippen molar-refractivity contribution in [1.29, 1.82) is 0 Å². The third kappa shape index (κ3) is 3.21. The van der Waals surface area contributed by atoms with E-state index in [2.05, 4.69) is 46.9 Å². The molecule has 0 fully saturated rings. The van der Waals surface area contributed by atoms with Crippen LogP contribution in [0, 0.1) is 0 Å². The third-order valence-corrected chi connectivity index (χ3v) is 4.69. The molecule has 2 aromatic heterocycles. The van der Waals surface area contributed by atoms with Crippen LogP contribution in [-0.4, -0.2) is 19.6 Å². The summed E-state index contributed by atoms with van der Waals surface area (Å²) in [5, 5.41) is 9.12. The van der Waals surface area contributed by atoms with Crippen LogP contribution in [0.5, 0.6) is 0 Å². The quantitative estimate of drug-likeness (QED) is 0.868. The smallest absolute Gasteiger partial charge is 0.0766 e. The summed E-state index contributed by atoms with van der Waals surface area (Å²) in [5.74, 6) is 0. The maximum absolute atomic E-state index is 6.44. The van der Waals surface area contributed by atoms with E-state index in [-0.39, 0.29) is 6.04 Å². The van der Waals surface area contributed by atoms with Gasteiger partial charge in [-0.05, 0) is 35.7 Å². The van der Waals surface area contributed by atoms with E-state index in [1.165, 1.54) is 5.69 Å². The third-order valence-electron chi connectivity index (χ3n) is 3.78. The molecule has 0 aliphatic rings. The van der Waals surface area contributed by atoms with Crippen LogP contribution >= 0.6 is 15.9 Å². The van der Waals surface area contributed by atoms with E-state index in [4.69, 9.17) is 5.73 Å². The Morgan fingerprint density at radius 1 is 1.19 bits per heavy atom. The lowest BCUT2D eigenvalue weighted by molar-refractivity contribution is 0.583. The van der Waals surface area contributed by atoms with Crippen molar-refractivity contribution in [2.45, 2.75) is 52.6 Å². The van der Waals surface area contributed by atoms with Crippen LogP contribution in [0.15, 0.2) is 10.7 Å². The van der Waals surface area contributed by atoms with Crippen LogP contribution in [0.3, 0.4) is 0 Å². The number of hydrogen-bond donors (Lipinski definition) is 1. The predicted octanol–water partition coefficient (Wildman–Crippen LogP) is 2.77. The molecule has 2 N–H and O–H groups in total. The van der Waals surface area contributed by atoms with Crippen molar-refractivity contribution >= 4 is 15.9 Å². The Kier molecular flexibility index (Phi) is 5.22. The molecular formula is C15H24BrN5. The molecule has 0 aliphatic heterocycles. The van der Waals surface area contributed by atoms with E-state index < -0.39 is 0 Å². The van der Waals surface area contributed by atoms with Crippen molar-refractivity contribution in [2.75, 3.05) is 0 Å². The fourth-order valence-electron chi connectivity index (χ4n) is 2.67. The molecule has 2 aromatic rings. The monoisotopic (exact) mass is 353 g/mol.